The molecule has 92 valence electrons. The Morgan fingerprint density at radius 1 is 1.53 bits per heavy atom. The third kappa shape index (κ3) is 3.06. The maximum absolute atomic E-state index is 12.0. The first-order valence-corrected chi connectivity index (χ1v) is 6.06. The van der Waals surface area contributed by atoms with Gasteiger partial charge in [-0.15, -0.1) is 0 Å². The number of nitrogens with one attached hydrogen (secondary N) is 2. The largest absolute Gasteiger partial charge is 0.313 e. The van der Waals surface area contributed by atoms with E-state index >= 15 is 0 Å². The molecule has 7 heteroatoms. The van der Waals surface area contributed by atoms with Crippen LogP contribution in [0.15, 0.2) is 6.07 Å². The van der Waals surface area contributed by atoms with Gasteiger partial charge in [0.25, 0.3) is 0 Å². The van der Waals surface area contributed by atoms with E-state index in [0.29, 0.717) is 5.82 Å². The summed E-state index contributed by atoms with van der Waals surface area (Å²) in [6.07, 6.45) is 0.819. The molecule has 0 saturated carbocycles. The normalized spacial score (nSPS) is 23.7. The number of halogens is 2. The summed E-state index contributed by atoms with van der Waals surface area (Å²) in [5.74, 6) is 0.204. The van der Waals surface area contributed by atoms with E-state index in [2.05, 4.69) is 20.6 Å². The predicted molar refractivity (Wildman–Crippen MR) is 66.3 cm³/mol. The van der Waals surface area contributed by atoms with Gasteiger partial charge in [0.1, 0.15) is 11.0 Å². The molecule has 1 aliphatic rings. The zero-order valence-electron chi connectivity index (χ0n) is 9.20. The van der Waals surface area contributed by atoms with Gasteiger partial charge in [0, 0.05) is 12.1 Å². The second-order valence-electron chi connectivity index (χ2n) is 3.97. The minimum absolute atomic E-state index is 0.0189. The van der Waals surface area contributed by atoms with Gasteiger partial charge < -0.3 is 10.6 Å². The molecule has 0 aromatic carbocycles. The monoisotopic (exact) mass is 274 g/mol. The minimum Gasteiger partial charge on any atom is -0.313 e. The van der Waals surface area contributed by atoms with Gasteiger partial charge in [0.2, 0.25) is 11.2 Å². The van der Waals surface area contributed by atoms with Crippen molar-refractivity contribution in [3.05, 3.63) is 16.5 Å². The summed E-state index contributed by atoms with van der Waals surface area (Å²) < 4.78 is 0. The Bertz CT molecular complexity index is 420. The van der Waals surface area contributed by atoms with E-state index in [-0.39, 0.29) is 28.3 Å². The highest BCUT2D eigenvalue weighted by Crippen LogP contribution is 2.19. The summed E-state index contributed by atoms with van der Waals surface area (Å²) in [6.45, 7) is 2.84. The summed E-state index contributed by atoms with van der Waals surface area (Å²) in [5, 5.41) is 6.14. The number of aromatic nitrogens is 2. The fourth-order valence-electron chi connectivity index (χ4n) is 1.89. The van der Waals surface area contributed by atoms with Crippen molar-refractivity contribution in [2.45, 2.75) is 19.4 Å². The van der Waals surface area contributed by atoms with Gasteiger partial charge in [-0.1, -0.05) is 11.6 Å². The van der Waals surface area contributed by atoms with Crippen molar-refractivity contribution < 1.29 is 4.79 Å². The lowest BCUT2D eigenvalue weighted by Crippen LogP contribution is -2.32. The Kier molecular flexibility index (Phi) is 3.81. The molecule has 17 heavy (non-hydrogen) atoms. The molecular formula is C10H12Cl2N4O. The first-order chi connectivity index (χ1) is 8.06. The Hall–Kier alpha value is -0.910. The highest BCUT2D eigenvalue weighted by molar-refractivity contribution is 6.32. The summed E-state index contributed by atoms with van der Waals surface area (Å²) in [5.41, 5.74) is 0. The molecule has 5 nitrogen and oxygen atoms in total. The van der Waals surface area contributed by atoms with Crippen LogP contribution >= 0.6 is 23.2 Å². The summed E-state index contributed by atoms with van der Waals surface area (Å²) in [6, 6.07) is 1.64. The standard InChI is InChI=1S/C10H12Cl2N4O/c1-5-6(2-3-13-5)9(17)15-8-4-7(11)14-10(12)16-8/h4-6,13H,2-3H2,1H3,(H,14,15,16,17). The van der Waals surface area contributed by atoms with Crippen molar-refractivity contribution >= 4 is 34.9 Å². The van der Waals surface area contributed by atoms with E-state index in [0.717, 1.165) is 13.0 Å². The number of carbonyl (C=O) groups excluding carboxylic acids is 1. The van der Waals surface area contributed by atoms with Crippen LogP contribution in [0.4, 0.5) is 5.82 Å². The van der Waals surface area contributed by atoms with Crippen LogP contribution in [0.5, 0.6) is 0 Å². The quantitative estimate of drug-likeness (QED) is 0.637. The first kappa shape index (κ1) is 12.5. The lowest BCUT2D eigenvalue weighted by Gasteiger charge is -2.14. The number of hydrogen-bond donors (Lipinski definition) is 2. The molecule has 2 atom stereocenters. The van der Waals surface area contributed by atoms with Crippen LogP contribution in [-0.2, 0) is 4.79 Å². The van der Waals surface area contributed by atoms with Crippen molar-refractivity contribution in [2.24, 2.45) is 5.92 Å². The molecule has 2 N–H and O–H groups in total. The molecular weight excluding hydrogens is 263 g/mol. The van der Waals surface area contributed by atoms with Gasteiger partial charge in [-0.2, -0.15) is 0 Å². The SMILES string of the molecule is CC1NCCC1C(=O)Nc1cc(Cl)nc(Cl)n1. The zero-order valence-corrected chi connectivity index (χ0v) is 10.7. The van der Waals surface area contributed by atoms with Crippen molar-refractivity contribution in [2.75, 3.05) is 11.9 Å². The smallest absolute Gasteiger partial charge is 0.230 e. The average Bonchev–Trinajstić information content (AvgIpc) is 2.62. The fraction of sp³-hybridized carbons (Fsp3) is 0.500. The summed E-state index contributed by atoms with van der Waals surface area (Å²) in [4.78, 5) is 19.5. The maximum atomic E-state index is 12.0. The molecule has 0 aliphatic carbocycles. The van der Waals surface area contributed by atoms with E-state index in [4.69, 9.17) is 23.2 Å². The van der Waals surface area contributed by atoms with Crippen LogP contribution in [-0.4, -0.2) is 28.5 Å². The molecule has 1 aliphatic heterocycles. The Labute approximate surface area is 109 Å². The van der Waals surface area contributed by atoms with Crippen LogP contribution in [0, 0.1) is 5.92 Å². The molecule has 1 aromatic rings. The van der Waals surface area contributed by atoms with Gasteiger partial charge in [0.05, 0.1) is 5.92 Å². The van der Waals surface area contributed by atoms with Gasteiger partial charge in [-0.3, -0.25) is 4.79 Å². The number of anilines is 1. The third-order valence-corrected chi connectivity index (χ3v) is 3.14. The van der Waals surface area contributed by atoms with E-state index in [1.807, 2.05) is 6.92 Å². The van der Waals surface area contributed by atoms with Crippen LogP contribution in [0.3, 0.4) is 0 Å². The number of rotatable bonds is 2. The van der Waals surface area contributed by atoms with Crippen LogP contribution in [0.1, 0.15) is 13.3 Å². The topological polar surface area (TPSA) is 66.9 Å². The second-order valence-corrected chi connectivity index (χ2v) is 4.70. The van der Waals surface area contributed by atoms with E-state index in [1.54, 1.807) is 0 Å². The van der Waals surface area contributed by atoms with Crippen molar-refractivity contribution in [1.29, 1.82) is 0 Å². The predicted octanol–water partition coefficient (Wildman–Crippen LogP) is 1.72. The van der Waals surface area contributed by atoms with Gasteiger partial charge in [-0.25, -0.2) is 9.97 Å². The van der Waals surface area contributed by atoms with Crippen molar-refractivity contribution in [3.8, 4) is 0 Å². The van der Waals surface area contributed by atoms with Crippen molar-refractivity contribution in [3.63, 3.8) is 0 Å². The number of carbonyl (C=O) groups is 1. The Morgan fingerprint density at radius 3 is 2.88 bits per heavy atom. The molecule has 2 heterocycles. The van der Waals surface area contributed by atoms with E-state index < -0.39 is 0 Å². The number of amides is 1. The molecule has 1 fully saturated rings. The highest BCUT2D eigenvalue weighted by Gasteiger charge is 2.29. The number of nitrogens with zero attached hydrogens (tertiary/aromatic N) is 2. The van der Waals surface area contributed by atoms with Gasteiger partial charge in [0.15, 0.2) is 0 Å². The highest BCUT2D eigenvalue weighted by atomic mass is 35.5. The molecule has 2 unspecified atom stereocenters. The first-order valence-electron chi connectivity index (χ1n) is 5.30. The van der Waals surface area contributed by atoms with Gasteiger partial charge >= 0.3 is 0 Å². The van der Waals surface area contributed by atoms with Crippen LogP contribution in [0.2, 0.25) is 10.4 Å². The zero-order chi connectivity index (χ0) is 12.4. The number of hydrogen-bond acceptors (Lipinski definition) is 4. The molecule has 0 radical (unpaired) electrons. The molecule has 1 aromatic heterocycles. The molecule has 0 spiro atoms. The maximum Gasteiger partial charge on any atom is 0.230 e. The molecule has 0 bridgehead atoms. The second kappa shape index (κ2) is 5.16. The van der Waals surface area contributed by atoms with Crippen LogP contribution in [0.25, 0.3) is 0 Å². The summed E-state index contributed by atoms with van der Waals surface area (Å²) >= 11 is 11.4. The molecule has 1 amide bonds. The van der Waals surface area contributed by atoms with E-state index in [1.165, 1.54) is 6.07 Å². The van der Waals surface area contributed by atoms with Crippen molar-refractivity contribution in [1.82, 2.24) is 15.3 Å². The molecule has 2 rings (SSSR count). The third-order valence-electron chi connectivity index (χ3n) is 2.78. The lowest BCUT2D eigenvalue weighted by atomic mass is 10.0. The Balaban J connectivity index is 2.07. The van der Waals surface area contributed by atoms with Crippen LogP contribution < -0.4 is 10.6 Å². The Morgan fingerprint density at radius 2 is 2.29 bits per heavy atom. The van der Waals surface area contributed by atoms with Gasteiger partial charge in [-0.05, 0) is 31.5 Å². The fourth-order valence-corrected chi connectivity index (χ4v) is 2.30. The van der Waals surface area contributed by atoms with E-state index in [9.17, 15) is 4.79 Å². The minimum atomic E-state index is -0.0756. The summed E-state index contributed by atoms with van der Waals surface area (Å²) in [7, 11) is 0. The average molecular weight is 275 g/mol. The molecule has 1 saturated heterocycles. The lowest BCUT2D eigenvalue weighted by molar-refractivity contribution is -0.120.